The van der Waals surface area contributed by atoms with Crippen molar-refractivity contribution in [2.45, 2.75) is 38.1 Å². The average molecular weight is 265 g/mol. The summed E-state index contributed by atoms with van der Waals surface area (Å²) in [7, 11) is 0. The molecule has 2 unspecified atom stereocenters. The molecule has 2 aliphatic heterocycles. The summed E-state index contributed by atoms with van der Waals surface area (Å²) in [6.07, 6.45) is 6.17. The molecule has 2 atom stereocenters. The van der Waals surface area contributed by atoms with Gasteiger partial charge in [0, 0.05) is 49.7 Å². The Morgan fingerprint density at radius 1 is 1.39 bits per heavy atom. The summed E-state index contributed by atoms with van der Waals surface area (Å²) in [6.45, 7) is 8.61. The number of hydrogen-bond donors (Lipinski definition) is 0. The maximum atomic E-state index is 4.44. The molecule has 0 spiro atoms. The van der Waals surface area contributed by atoms with Crippen LogP contribution in [0.25, 0.3) is 0 Å². The minimum absolute atomic E-state index is 0.583. The van der Waals surface area contributed by atoms with Crippen molar-refractivity contribution in [3.63, 3.8) is 0 Å². The maximum absolute atomic E-state index is 4.44. The molecule has 2 aliphatic rings. The SMILES string of the molecule is CC(CN1CCN2CCCCC2C1)c1nccs1. The predicted octanol–water partition coefficient (Wildman–Crippen LogP) is 2.42. The first-order valence-electron chi connectivity index (χ1n) is 7.19. The summed E-state index contributed by atoms with van der Waals surface area (Å²) in [5, 5.41) is 3.38. The zero-order valence-electron chi connectivity index (χ0n) is 11.2. The van der Waals surface area contributed by atoms with Crippen LogP contribution in [0, 0.1) is 0 Å². The Morgan fingerprint density at radius 3 is 3.17 bits per heavy atom. The molecule has 0 aromatic carbocycles. The van der Waals surface area contributed by atoms with Gasteiger partial charge >= 0.3 is 0 Å². The molecule has 4 heteroatoms. The standard InChI is InChI=1S/C14H23N3S/c1-12(14-15-5-9-18-14)10-16-7-8-17-6-3-2-4-13(17)11-16/h5,9,12-13H,2-4,6-8,10-11H2,1H3. The highest BCUT2D eigenvalue weighted by molar-refractivity contribution is 7.09. The van der Waals surface area contributed by atoms with Gasteiger partial charge in [-0.1, -0.05) is 13.3 Å². The van der Waals surface area contributed by atoms with E-state index in [1.54, 1.807) is 11.3 Å². The zero-order chi connectivity index (χ0) is 12.4. The van der Waals surface area contributed by atoms with Crippen molar-refractivity contribution in [3.05, 3.63) is 16.6 Å². The fourth-order valence-corrected chi connectivity index (χ4v) is 4.02. The molecule has 1 aromatic rings. The van der Waals surface area contributed by atoms with Crippen LogP contribution in [0.3, 0.4) is 0 Å². The highest BCUT2D eigenvalue weighted by Crippen LogP contribution is 2.24. The van der Waals surface area contributed by atoms with E-state index in [0.29, 0.717) is 5.92 Å². The molecule has 3 heterocycles. The molecule has 0 bridgehead atoms. The fraction of sp³-hybridized carbons (Fsp3) is 0.786. The number of fused-ring (bicyclic) bond motifs is 1. The van der Waals surface area contributed by atoms with Crippen molar-refractivity contribution in [2.24, 2.45) is 0 Å². The van der Waals surface area contributed by atoms with Crippen LogP contribution >= 0.6 is 11.3 Å². The number of aromatic nitrogens is 1. The molecule has 0 N–H and O–H groups in total. The van der Waals surface area contributed by atoms with E-state index in [9.17, 15) is 0 Å². The van der Waals surface area contributed by atoms with Gasteiger partial charge in [0.2, 0.25) is 0 Å². The Hall–Kier alpha value is -0.450. The lowest BCUT2D eigenvalue weighted by atomic mass is 9.99. The van der Waals surface area contributed by atoms with Crippen molar-refractivity contribution in [1.29, 1.82) is 0 Å². The van der Waals surface area contributed by atoms with Gasteiger partial charge in [-0.25, -0.2) is 4.98 Å². The first-order valence-corrected chi connectivity index (χ1v) is 8.06. The molecule has 0 saturated carbocycles. The van der Waals surface area contributed by atoms with Crippen molar-refractivity contribution in [1.82, 2.24) is 14.8 Å². The third kappa shape index (κ3) is 2.76. The maximum Gasteiger partial charge on any atom is 0.0965 e. The molecule has 0 aliphatic carbocycles. The van der Waals surface area contributed by atoms with Gasteiger partial charge in [-0.05, 0) is 19.4 Å². The lowest BCUT2D eigenvalue weighted by Gasteiger charge is -2.44. The smallest absolute Gasteiger partial charge is 0.0965 e. The number of piperazine rings is 1. The topological polar surface area (TPSA) is 19.4 Å². The number of thiazole rings is 1. The number of hydrogen-bond acceptors (Lipinski definition) is 4. The first kappa shape index (κ1) is 12.6. The van der Waals surface area contributed by atoms with Gasteiger partial charge in [0.05, 0.1) is 5.01 Å². The van der Waals surface area contributed by atoms with E-state index in [4.69, 9.17) is 0 Å². The molecular formula is C14H23N3S. The van der Waals surface area contributed by atoms with Crippen molar-refractivity contribution >= 4 is 11.3 Å². The third-order valence-corrected chi connectivity index (χ3v) is 5.33. The van der Waals surface area contributed by atoms with Gasteiger partial charge in [-0.2, -0.15) is 0 Å². The van der Waals surface area contributed by atoms with E-state index in [-0.39, 0.29) is 0 Å². The predicted molar refractivity (Wildman–Crippen MR) is 76.2 cm³/mol. The summed E-state index contributed by atoms with van der Waals surface area (Å²) in [4.78, 5) is 9.80. The van der Waals surface area contributed by atoms with Crippen molar-refractivity contribution in [2.75, 3.05) is 32.7 Å². The van der Waals surface area contributed by atoms with Gasteiger partial charge in [-0.15, -0.1) is 11.3 Å². The second kappa shape index (κ2) is 5.68. The molecule has 2 fully saturated rings. The lowest BCUT2D eigenvalue weighted by molar-refractivity contribution is 0.0471. The Labute approximate surface area is 114 Å². The Morgan fingerprint density at radius 2 is 2.33 bits per heavy atom. The summed E-state index contributed by atoms with van der Waals surface area (Å²) in [6, 6.07) is 0.830. The molecule has 0 radical (unpaired) electrons. The molecule has 3 rings (SSSR count). The van der Waals surface area contributed by atoms with E-state index < -0.39 is 0 Å². The monoisotopic (exact) mass is 265 g/mol. The van der Waals surface area contributed by atoms with Crippen LogP contribution < -0.4 is 0 Å². The van der Waals surface area contributed by atoms with E-state index in [1.165, 1.54) is 57.0 Å². The minimum Gasteiger partial charge on any atom is -0.300 e. The molecule has 100 valence electrons. The van der Waals surface area contributed by atoms with E-state index >= 15 is 0 Å². The van der Waals surface area contributed by atoms with Crippen LogP contribution in [0.4, 0.5) is 0 Å². The quantitative estimate of drug-likeness (QED) is 0.836. The average Bonchev–Trinajstić information content (AvgIpc) is 2.92. The van der Waals surface area contributed by atoms with Crippen molar-refractivity contribution < 1.29 is 0 Å². The first-order chi connectivity index (χ1) is 8.83. The normalized spacial score (nSPS) is 27.9. The van der Waals surface area contributed by atoms with Crippen molar-refractivity contribution in [3.8, 4) is 0 Å². The third-order valence-electron chi connectivity index (χ3n) is 4.33. The summed E-state index contributed by atoms with van der Waals surface area (Å²) in [5.41, 5.74) is 0. The Kier molecular flexibility index (Phi) is 3.97. The highest BCUT2D eigenvalue weighted by Gasteiger charge is 2.29. The minimum atomic E-state index is 0.583. The van der Waals surface area contributed by atoms with Crippen LogP contribution in [0.1, 0.15) is 37.1 Å². The van der Waals surface area contributed by atoms with E-state index in [0.717, 1.165) is 6.04 Å². The summed E-state index contributed by atoms with van der Waals surface area (Å²) >= 11 is 1.79. The molecule has 18 heavy (non-hydrogen) atoms. The van der Waals surface area contributed by atoms with Gasteiger partial charge in [0.1, 0.15) is 0 Å². The van der Waals surface area contributed by atoms with Crippen LogP contribution in [0.5, 0.6) is 0 Å². The Bertz CT molecular complexity index is 365. The van der Waals surface area contributed by atoms with Crippen LogP contribution in [0.2, 0.25) is 0 Å². The summed E-state index contributed by atoms with van der Waals surface area (Å²) < 4.78 is 0. The lowest BCUT2D eigenvalue weighted by Crippen LogP contribution is -2.55. The van der Waals surface area contributed by atoms with E-state index in [2.05, 4.69) is 27.1 Å². The molecule has 2 saturated heterocycles. The highest BCUT2D eigenvalue weighted by atomic mass is 32.1. The second-order valence-corrected chi connectivity index (χ2v) is 6.64. The molecule has 0 amide bonds. The van der Waals surface area contributed by atoms with Gasteiger partial charge in [0.15, 0.2) is 0 Å². The molecular weight excluding hydrogens is 242 g/mol. The Balaban J connectivity index is 1.54. The van der Waals surface area contributed by atoms with Gasteiger partial charge in [0.25, 0.3) is 0 Å². The van der Waals surface area contributed by atoms with Gasteiger partial charge in [-0.3, -0.25) is 9.80 Å². The number of rotatable bonds is 3. The zero-order valence-corrected chi connectivity index (χ0v) is 12.0. The number of nitrogens with zero attached hydrogens (tertiary/aromatic N) is 3. The van der Waals surface area contributed by atoms with Crippen LogP contribution in [-0.2, 0) is 0 Å². The van der Waals surface area contributed by atoms with Crippen LogP contribution in [-0.4, -0.2) is 53.5 Å². The fourth-order valence-electron chi connectivity index (χ4n) is 3.33. The molecule has 1 aromatic heterocycles. The second-order valence-electron chi connectivity index (χ2n) is 5.72. The molecule has 3 nitrogen and oxygen atoms in total. The number of piperidine rings is 1. The van der Waals surface area contributed by atoms with E-state index in [1.807, 2.05) is 6.20 Å². The summed E-state index contributed by atoms with van der Waals surface area (Å²) in [5.74, 6) is 0.583. The van der Waals surface area contributed by atoms with Crippen LogP contribution in [0.15, 0.2) is 11.6 Å². The van der Waals surface area contributed by atoms with Gasteiger partial charge < -0.3 is 0 Å². The largest absolute Gasteiger partial charge is 0.300 e.